The standard InChI is InChI=1S/C19H25N3/c1-2-20-19-12-11-17(14-21-19)18-10-6-7-13-22(18)15-16-8-4-3-5-9-16/h3-5,8-9,11-12,14,18H,2,6-7,10,13,15H2,1H3,(H,20,21)/t18-/m0/s1. The van der Waals surface area contributed by atoms with Gasteiger partial charge in [0, 0.05) is 25.3 Å². The highest BCUT2D eigenvalue weighted by atomic mass is 15.2. The van der Waals surface area contributed by atoms with Crippen LogP contribution in [0, 0.1) is 0 Å². The third kappa shape index (κ3) is 3.66. The van der Waals surface area contributed by atoms with E-state index in [-0.39, 0.29) is 0 Å². The second-order valence-electron chi connectivity index (χ2n) is 5.97. The lowest BCUT2D eigenvalue weighted by Crippen LogP contribution is -2.33. The van der Waals surface area contributed by atoms with Gasteiger partial charge in [0.25, 0.3) is 0 Å². The maximum Gasteiger partial charge on any atom is 0.125 e. The first-order chi connectivity index (χ1) is 10.9. The Morgan fingerprint density at radius 2 is 2.00 bits per heavy atom. The lowest BCUT2D eigenvalue weighted by Gasteiger charge is -2.36. The van der Waals surface area contributed by atoms with E-state index in [2.05, 4.69) is 64.6 Å². The van der Waals surface area contributed by atoms with Crippen LogP contribution in [0.1, 0.15) is 43.4 Å². The van der Waals surface area contributed by atoms with E-state index in [9.17, 15) is 0 Å². The molecule has 1 atom stereocenters. The topological polar surface area (TPSA) is 28.2 Å². The Bertz CT molecular complexity index is 565. The Labute approximate surface area is 133 Å². The molecule has 1 aliphatic heterocycles. The summed E-state index contributed by atoms with van der Waals surface area (Å²) in [5, 5.41) is 3.26. The lowest BCUT2D eigenvalue weighted by molar-refractivity contribution is 0.140. The highest BCUT2D eigenvalue weighted by Gasteiger charge is 2.24. The molecule has 3 rings (SSSR count). The minimum atomic E-state index is 0.497. The van der Waals surface area contributed by atoms with Crippen LogP contribution in [0.5, 0.6) is 0 Å². The first-order valence-corrected chi connectivity index (χ1v) is 8.34. The largest absolute Gasteiger partial charge is 0.370 e. The fourth-order valence-corrected chi connectivity index (χ4v) is 3.26. The number of rotatable bonds is 5. The molecule has 1 aliphatic rings. The summed E-state index contributed by atoms with van der Waals surface area (Å²) in [5.74, 6) is 0.969. The molecule has 1 N–H and O–H groups in total. The Hall–Kier alpha value is -1.87. The van der Waals surface area contributed by atoms with E-state index in [1.165, 1.54) is 36.9 Å². The smallest absolute Gasteiger partial charge is 0.125 e. The van der Waals surface area contributed by atoms with E-state index in [1.807, 2.05) is 6.20 Å². The zero-order chi connectivity index (χ0) is 15.2. The number of piperidine rings is 1. The number of aromatic nitrogens is 1. The molecule has 1 fully saturated rings. The molecule has 116 valence electrons. The van der Waals surface area contributed by atoms with Gasteiger partial charge in [0.15, 0.2) is 0 Å². The molecule has 2 aromatic rings. The van der Waals surface area contributed by atoms with Crippen LogP contribution in [0.25, 0.3) is 0 Å². The molecule has 0 radical (unpaired) electrons. The third-order valence-electron chi connectivity index (χ3n) is 4.37. The molecular formula is C19H25N3. The molecular weight excluding hydrogens is 270 g/mol. The number of nitrogens with one attached hydrogen (secondary N) is 1. The summed E-state index contributed by atoms with van der Waals surface area (Å²) in [5.41, 5.74) is 2.74. The number of nitrogens with zero attached hydrogens (tertiary/aromatic N) is 2. The van der Waals surface area contributed by atoms with Crippen molar-refractivity contribution in [3.8, 4) is 0 Å². The average molecular weight is 295 g/mol. The summed E-state index contributed by atoms with van der Waals surface area (Å²) < 4.78 is 0. The van der Waals surface area contributed by atoms with Crippen molar-refractivity contribution in [3.05, 3.63) is 59.8 Å². The van der Waals surface area contributed by atoms with E-state index in [0.29, 0.717) is 6.04 Å². The molecule has 1 aromatic carbocycles. The summed E-state index contributed by atoms with van der Waals surface area (Å²) in [6, 6.07) is 15.6. The highest BCUT2D eigenvalue weighted by molar-refractivity contribution is 5.36. The molecule has 3 heteroatoms. The number of anilines is 1. The van der Waals surface area contributed by atoms with Crippen molar-refractivity contribution in [2.75, 3.05) is 18.4 Å². The van der Waals surface area contributed by atoms with E-state index >= 15 is 0 Å². The van der Waals surface area contributed by atoms with Crippen LogP contribution in [0.4, 0.5) is 5.82 Å². The zero-order valence-corrected chi connectivity index (χ0v) is 13.3. The van der Waals surface area contributed by atoms with Gasteiger partial charge in [-0.1, -0.05) is 42.8 Å². The summed E-state index contributed by atoms with van der Waals surface area (Å²) in [7, 11) is 0. The van der Waals surface area contributed by atoms with Crippen molar-refractivity contribution in [2.24, 2.45) is 0 Å². The first-order valence-electron chi connectivity index (χ1n) is 8.34. The van der Waals surface area contributed by atoms with Crippen molar-refractivity contribution in [1.29, 1.82) is 0 Å². The normalized spacial score (nSPS) is 19.0. The van der Waals surface area contributed by atoms with Gasteiger partial charge in [-0.2, -0.15) is 0 Å². The van der Waals surface area contributed by atoms with Gasteiger partial charge in [-0.15, -0.1) is 0 Å². The molecule has 0 spiro atoms. The molecule has 1 aromatic heterocycles. The molecule has 3 nitrogen and oxygen atoms in total. The Balaban J connectivity index is 1.74. The van der Waals surface area contributed by atoms with Gasteiger partial charge in [0.2, 0.25) is 0 Å². The van der Waals surface area contributed by atoms with Crippen molar-refractivity contribution >= 4 is 5.82 Å². The average Bonchev–Trinajstić information content (AvgIpc) is 2.58. The fourth-order valence-electron chi connectivity index (χ4n) is 3.26. The predicted octanol–water partition coefficient (Wildman–Crippen LogP) is 4.24. The highest BCUT2D eigenvalue weighted by Crippen LogP contribution is 2.32. The minimum absolute atomic E-state index is 0.497. The van der Waals surface area contributed by atoms with Gasteiger partial charge in [0.05, 0.1) is 0 Å². The zero-order valence-electron chi connectivity index (χ0n) is 13.3. The van der Waals surface area contributed by atoms with Crippen LogP contribution >= 0.6 is 0 Å². The molecule has 0 bridgehead atoms. The van der Waals surface area contributed by atoms with Crippen LogP contribution in [0.2, 0.25) is 0 Å². The third-order valence-corrected chi connectivity index (χ3v) is 4.37. The Morgan fingerprint density at radius 1 is 1.14 bits per heavy atom. The van der Waals surface area contributed by atoms with E-state index in [0.717, 1.165) is 18.9 Å². The van der Waals surface area contributed by atoms with Crippen molar-refractivity contribution in [1.82, 2.24) is 9.88 Å². The first kappa shape index (κ1) is 15.0. The summed E-state index contributed by atoms with van der Waals surface area (Å²) in [6.45, 7) is 5.21. The molecule has 0 aliphatic carbocycles. The molecule has 0 saturated carbocycles. The van der Waals surface area contributed by atoms with Crippen LogP contribution < -0.4 is 5.32 Å². The molecule has 0 amide bonds. The maximum atomic E-state index is 4.55. The predicted molar refractivity (Wildman–Crippen MR) is 91.8 cm³/mol. The fraction of sp³-hybridized carbons (Fsp3) is 0.421. The molecule has 2 heterocycles. The van der Waals surface area contributed by atoms with Crippen LogP contribution in [0.15, 0.2) is 48.7 Å². The van der Waals surface area contributed by atoms with Crippen molar-refractivity contribution in [2.45, 2.75) is 38.8 Å². The second kappa shape index (κ2) is 7.41. The molecule has 1 saturated heterocycles. The van der Waals surface area contributed by atoms with E-state index in [4.69, 9.17) is 0 Å². The van der Waals surface area contributed by atoms with Crippen molar-refractivity contribution in [3.63, 3.8) is 0 Å². The number of benzene rings is 1. The second-order valence-corrected chi connectivity index (χ2v) is 5.97. The minimum Gasteiger partial charge on any atom is -0.370 e. The van der Waals surface area contributed by atoms with Gasteiger partial charge in [0.1, 0.15) is 5.82 Å². The van der Waals surface area contributed by atoms with E-state index < -0.39 is 0 Å². The summed E-state index contributed by atoms with van der Waals surface area (Å²) in [6.07, 6.45) is 5.89. The van der Waals surface area contributed by atoms with Gasteiger partial charge >= 0.3 is 0 Å². The van der Waals surface area contributed by atoms with Gasteiger partial charge in [-0.05, 0) is 43.5 Å². The van der Waals surface area contributed by atoms with Gasteiger partial charge in [-0.25, -0.2) is 4.98 Å². The Morgan fingerprint density at radius 3 is 2.73 bits per heavy atom. The van der Waals surface area contributed by atoms with E-state index in [1.54, 1.807) is 0 Å². The lowest BCUT2D eigenvalue weighted by atomic mass is 9.95. The van der Waals surface area contributed by atoms with Crippen LogP contribution in [0.3, 0.4) is 0 Å². The Kier molecular flexibility index (Phi) is 5.07. The van der Waals surface area contributed by atoms with Gasteiger partial charge in [-0.3, -0.25) is 4.90 Å². The van der Waals surface area contributed by atoms with Crippen molar-refractivity contribution < 1.29 is 0 Å². The number of likely N-dealkylation sites (tertiary alicyclic amines) is 1. The molecule has 0 unspecified atom stereocenters. The maximum absolute atomic E-state index is 4.55. The quantitative estimate of drug-likeness (QED) is 0.894. The van der Waals surface area contributed by atoms with Crippen LogP contribution in [-0.2, 0) is 6.54 Å². The van der Waals surface area contributed by atoms with Crippen LogP contribution in [-0.4, -0.2) is 23.0 Å². The number of hydrogen-bond donors (Lipinski definition) is 1. The number of pyridine rings is 1. The van der Waals surface area contributed by atoms with Gasteiger partial charge < -0.3 is 5.32 Å². The molecule has 22 heavy (non-hydrogen) atoms. The monoisotopic (exact) mass is 295 g/mol. The summed E-state index contributed by atoms with van der Waals surface area (Å²) >= 11 is 0. The summed E-state index contributed by atoms with van der Waals surface area (Å²) in [4.78, 5) is 7.15. The SMILES string of the molecule is CCNc1ccc([C@@H]2CCCCN2Cc2ccccc2)cn1. The number of hydrogen-bond acceptors (Lipinski definition) is 3.